The zero-order chi connectivity index (χ0) is 18.1. The van der Waals surface area contributed by atoms with Gasteiger partial charge in [-0.25, -0.2) is 0 Å². The van der Waals surface area contributed by atoms with E-state index < -0.39 is 16.0 Å². The number of nitrogens with one attached hydrogen (secondary N) is 2. The Labute approximate surface area is 142 Å². The Bertz CT molecular complexity index is 919. The Balaban J connectivity index is 2.07. The molecule has 2 atom stereocenters. The summed E-state index contributed by atoms with van der Waals surface area (Å²) in [5.41, 5.74) is -0.519. The molecule has 2 aromatic rings. The number of fused-ring (bicyclic) bond motifs is 1. The van der Waals surface area contributed by atoms with Gasteiger partial charge in [-0.1, -0.05) is 6.92 Å². The van der Waals surface area contributed by atoms with E-state index in [1.807, 2.05) is 0 Å². The Kier molecular flexibility index (Phi) is 4.69. The van der Waals surface area contributed by atoms with Crippen molar-refractivity contribution in [3.05, 3.63) is 48.5 Å². The molecule has 1 saturated heterocycles. The zero-order valence-electron chi connectivity index (χ0n) is 14.1. The van der Waals surface area contributed by atoms with E-state index in [2.05, 4.69) is 21.8 Å². The fourth-order valence-corrected chi connectivity index (χ4v) is 3.30. The SMILES string of the molecule is COC1CC(C)CCN1Cc1cc([N+](=O)[O-])cc2[nH]c(=O)c(=O)[nH]c12. The maximum Gasteiger partial charge on any atom is 0.314 e. The molecule has 0 bridgehead atoms. The highest BCUT2D eigenvalue weighted by molar-refractivity contribution is 5.80. The second kappa shape index (κ2) is 6.77. The number of H-pyrrole nitrogens is 2. The smallest absolute Gasteiger partial charge is 0.314 e. The number of nitrogens with zero attached hydrogens (tertiary/aromatic N) is 2. The summed E-state index contributed by atoms with van der Waals surface area (Å²) in [4.78, 5) is 41.0. The van der Waals surface area contributed by atoms with E-state index in [4.69, 9.17) is 4.74 Å². The fraction of sp³-hybridized carbons (Fsp3) is 0.500. The van der Waals surface area contributed by atoms with Gasteiger partial charge in [0.05, 0.1) is 16.0 Å². The molecule has 2 N–H and O–H groups in total. The minimum absolute atomic E-state index is 0.0902. The molecule has 0 radical (unpaired) electrons. The highest BCUT2D eigenvalue weighted by Crippen LogP contribution is 2.28. The quantitative estimate of drug-likeness (QED) is 0.488. The Hall–Kier alpha value is -2.52. The molecule has 2 unspecified atom stereocenters. The summed E-state index contributed by atoms with van der Waals surface area (Å²) in [5, 5.41) is 11.2. The predicted molar refractivity (Wildman–Crippen MR) is 91.4 cm³/mol. The van der Waals surface area contributed by atoms with Crippen molar-refractivity contribution in [2.24, 2.45) is 5.92 Å². The average Bonchev–Trinajstić information content (AvgIpc) is 2.57. The second-order valence-corrected chi connectivity index (χ2v) is 6.48. The van der Waals surface area contributed by atoms with Crippen LogP contribution in [0.15, 0.2) is 21.7 Å². The van der Waals surface area contributed by atoms with Crippen LogP contribution >= 0.6 is 0 Å². The lowest BCUT2D eigenvalue weighted by molar-refractivity contribution is -0.384. The molecule has 0 saturated carbocycles. The first-order chi connectivity index (χ1) is 11.9. The first-order valence-corrected chi connectivity index (χ1v) is 8.09. The van der Waals surface area contributed by atoms with Crippen LogP contribution in [0.2, 0.25) is 0 Å². The molecule has 0 spiro atoms. The van der Waals surface area contributed by atoms with Crippen molar-refractivity contribution in [1.82, 2.24) is 14.9 Å². The minimum atomic E-state index is -0.833. The summed E-state index contributed by atoms with van der Waals surface area (Å²) < 4.78 is 5.54. The summed E-state index contributed by atoms with van der Waals surface area (Å²) in [6.45, 7) is 3.33. The molecule has 25 heavy (non-hydrogen) atoms. The summed E-state index contributed by atoms with van der Waals surface area (Å²) in [6, 6.07) is 2.68. The molecule has 9 nitrogen and oxygen atoms in total. The van der Waals surface area contributed by atoms with E-state index in [1.165, 1.54) is 12.1 Å². The standard InChI is InChI=1S/C16H20N4O5/c1-9-3-4-19(13(5-9)25-2)8-10-6-11(20(23)24)7-12-14(10)18-16(22)15(21)17-12/h6-7,9,13H,3-5,8H2,1-2H3,(H,17,21)(H,18,22). The largest absolute Gasteiger partial charge is 0.366 e. The molecule has 9 heteroatoms. The van der Waals surface area contributed by atoms with Gasteiger partial charge in [0.2, 0.25) is 0 Å². The number of hydrogen-bond donors (Lipinski definition) is 2. The number of rotatable bonds is 4. The molecule has 1 aliphatic heterocycles. The van der Waals surface area contributed by atoms with Crippen molar-refractivity contribution in [3.8, 4) is 0 Å². The maximum absolute atomic E-state index is 11.7. The third-order valence-electron chi connectivity index (χ3n) is 4.67. The zero-order valence-corrected chi connectivity index (χ0v) is 14.1. The van der Waals surface area contributed by atoms with Gasteiger partial charge >= 0.3 is 11.1 Å². The van der Waals surface area contributed by atoms with E-state index in [9.17, 15) is 19.7 Å². The molecule has 1 fully saturated rings. The van der Waals surface area contributed by atoms with E-state index in [-0.39, 0.29) is 17.4 Å². The van der Waals surface area contributed by atoms with E-state index in [1.54, 1.807) is 7.11 Å². The monoisotopic (exact) mass is 348 g/mol. The fourth-order valence-electron chi connectivity index (χ4n) is 3.30. The summed E-state index contributed by atoms with van der Waals surface area (Å²) in [5.74, 6) is 0.541. The van der Waals surface area contributed by atoms with Gasteiger partial charge in [-0.15, -0.1) is 0 Å². The van der Waals surface area contributed by atoms with Gasteiger partial charge in [-0.2, -0.15) is 0 Å². The number of ether oxygens (including phenoxy) is 1. The third kappa shape index (κ3) is 3.47. The van der Waals surface area contributed by atoms with Crippen molar-refractivity contribution >= 4 is 16.7 Å². The van der Waals surface area contributed by atoms with Crippen molar-refractivity contribution in [3.63, 3.8) is 0 Å². The van der Waals surface area contributed by atoms with Crippen LogP contribution in [0.1, 0.15) is 25.3 Å². The van der Waals surface area contributed by atoms with E-state index in [0.717, 1.165) is 19.4 Å². The topological polar surface area (TPSA) is 121 Å². The molecular weight excluding hydrogens is 328 g/mol. The number of methoxy groups -OCH3 is 1. The van der Waals surface area contributed by atoms with Gasteiger partial charge in [0, 0.05) is 32.3 Å². The lowest BCUT2D eigenvalue weighted by Gasteiger charge is -2.37. The number of hydrogen-bond acceptors (Lipinski definition) is 6. The van der Waals surface area contributed by atoms with Crippen molar-refractivity contribution < 1.29 is 9.66 Å². The lowest BCUT2D eigenvalue weighted by atomic mass is 9.97. The van der Waals surface area contributed by atoms with Crippen LogP contribution in [0.25, 0.3) is 11.0 Å². The maximum atomic E-state index is 11.7. The molecule has 0 aliphatic carbocycles. The van der Waals surface area contributed by atoms with Crippen molar-refractivity contribution in [1.29, 1.82) is 0 Å². The van der Waals surface area contributed by atoms with Gasteiger partial charge in [0.25, 0.3) is 5.69 Å². The van der Waals surface area contributed by atoms with Crippen LogP contribution in [-0.2, 0) is 11.3 Å². The predicted octanol–water partition coefficient (Wildman–Crippen LogP) is 1.33. The minimum Gasteiger partial charge on any atom is -0.366 e. The number of benzene rings is 1. The molecular formula is C16H20N4O5. The molecule has 1 aromatic heterocycles. The van der Waals surface area contributed by atoms with Crippen LogP contribution in [0.3, 0.4) is 0 Å². The normalized spacial score (nSPS) is 21.5. The number of likely N-dealkylation sites (tertiary alicyclic amines) is 1. The molecule has 134 valence electrons. The van der Waals surface area contributed by atoms with Gasteiger partial charge in [0.1, 0.15) is 6.23 Å². The Morgan fingerprint density at radius 1 is 1.32 bits per heavy atom. The van der Waals surface area contributed by atoms with Crippen LogP contribution in [0.5, 0.6) is 0 Å². The van der Waals surface area contributed by atoms with Crippen LogP contribution in [0, 0.1) is 16.0 Å². The third-order valence-corrected chi connectivity index (χ3v) is 4.67. The number of aromatic nitrogens is 2. The highest BCUT2D eigenvalue weighted by atomic mass is 16.6. The number of nitro groups is 1. The lowest BCUT2D eigenvalue weighted by Crippen LogP contribution is -2.42. The number of nitro benzene ring substituents is 1. The van der Waals surface area contributed by atoms with Crippen LogP contribution in [-0.4, -0.2) is 39.7 Å². The Morgan fingerprint density at radius 3 is 2.72 bits per heavy atom. The van der Waals surface area contributed by atoms with Gasteiger partial charge in [0.15, 0.2) is 0 Å². The van der Waals surface area contributed by atoms with E-state index >= 15 is 0 Å². The van der Waals surface area contributed by atoms with Gasteiger partial charge in [-0.3, -0.25) is 24.6 Å². The summed E-state index contributed by atoms with van der Waals surface area (Å²) in [6.07, 6.45) is 1.78. The van der Waals surface area contributed by atoms with Crippen LogP contribution in [0.4, 0.5) is 5.69 Å². The van der Waals surface area contributed by atoms with E-state index in [0.29, 0.717) is 23.5 Å². The highest BCUT2D eigenvalue weighted by Gasteiger charge is 2.27. The second-order valence-electron chi connectivity index (χ2n) is 6.48. The molecule has 3 rings (SSSR count). The van der Waals surface area contributed by atoms with Crippen LogP contribution < -0.4 is 11.1 Å². The van der Waals surface area contributed by atoms with Gasteiger partial charge < -0.3 is 14.7 Å². The Morgan fingerprint density at radius 2 is 2.04 bits per heavy atom. The summed E-state index contributed by atoms with van der Waals surface area (Å²) in [7, 11) is 1.64. The van der Waals surface area contributed by atoms with Gasteiger partial charge in [-0.05, 0) is 24.3 Å². The molecule has 1 aliphatic rings. The summed E-state index contributed by atoms with van der Waals surface area (Å²) >= 11 is 0. The van der Waals surface area contributed by atoms with Crippen molar-refractivity contribution in [2.75, 3.05) is 13.7 Å². The number of aromatic amines is 2. The van der Waals surface area contributed by atoms with Crippen molar-refractivity contribution in [2.45, 2.75) is 32.5 Å². The molecule has 2 heterocycles. The number of piperidine rings is 1. The average molecular weight is 348 g/mol. The number of non-ortho nitro benzene ring substituents is 1. The molecule has 0 amide bonds. The first-order valence-electron chi connectivity index (χ1n) is 8.09. The molecule has 1 aromatic carbocycles. The first kappa shape index (κ1) is 17.3.